The minimum atomic E-state index is -1.21. The third-order valence-electron chi connectivity index (χ3n) is 5.74. The first-order valence-corrected chi connectivity index (χ1v) is 13.5. The first-order chi connectivity index (χ1) is 19.4. The Morgan fingerprint density at radius 3 is 2.07 bits per heavy atom. The van der Waals surface area contributed by atoms with Gasteiger partial charge in [0.2, 0.25) is 29.4 Å². The summed E-state index contributed by atoms with van der Waals surface area (Å²) in [5, 5.41) is 10.5. The van der Waals surface area contributed by atoms with Crippen molar-refractivity contribution >= 4 is 41.6 Å². The van der Waals surface area contributed by atoms with Crippen molar-refractivity contribution < 1.29 is 38.3 Å². The number of hydrogen-bond acceptors (Lipinski definition) is 7. The second kappa shape index (κ2) is 18.8. The lowest BCUT2D eigenvalue weighted by Gasteiger charge is -2.25. The number of rotatable bonds is 18. The van der Waals surface area contributed by atoms with Gasteiger partial charge in [-0.3, -0.25) is 24.0 Å². The fourth-order valence-corrected chi connectivity index (χ4v) is 3.83. The lowest BCUT2D eigenvalue weighted by molar-refractivity contribution is -0.152. The van der Waals surface area contributed by atoms with Crippen LogP contribution in [-0.2, 0) is 39.9 Å². The SMILES string of the molecule is CC(=O)NCCCCC(NC(=O)C(Cc1ccccc1)NC(C)=O)C(=O)NC(CCC(=O)C=[N+]=[N-])C(=O)OC(C)C. The molecule has 0 bridgehead atoms. The highest BCUT2D eigenvalue weighted by molar-refractivity contribution is 6.25. The maximum absolute atomic E-state index is 13.4. The van der Waals surface area contributed by atoms with E-state index in [2.05, 4.69) is 26.1 Å². The van der Waals surface area contributed by atoms with Crippen LogP contribution in [0.1, 0.15) is 65.4 Å². The van der Waals surface area contributed by atoms with Gasteiger partial charge in [-0.2, -0.15) is 4.79 Å². The van der Waals surface area contributed by atoms with Gasteiger partial charge in [0.25, 0.3) is 0 Å². The van der Waals surface area contributed by atoms with Crippen LogP contribution >= 0.6 is 0 Å². The summed E-state index contributed by atoms with van der Waals surface area (Å²) in [5.41, 5.74) is 9.37. The summed E-state index contributed by atoms with van der Waals surface area (Å²) in [6, 6.07) is 5.76. The average Bonchev–Trinajstić information content (AvgIpc) is 2.89. The number of amides is 4. The molecule has 0 saturated carbocycles. The molecule has 1 rings (SSSR count). The van der Waals surface area contributed by atoms with Gasteiger partial charge in [-0.05, 0) is 45.1 Å². The van der Waals surface area contributed by atoms with Gasteiger partial charge >= 0.3 is 12.2 Å². The van der Waals surface area contributed by atoms with Gasteiger partial charge in [-0.1, -0.05) is 30.3 Å². The Kier molecular flexibility index (Phi) is 15.9. The standard InChI is InChI=1S/C28H40N6O7/c1-18(2)41-28(40)24(14-13-22(37)17-31-29)34-26(38)23(12-8-9-15-30-19(3)35)33-27(39)25(32-20(4)36)16-21-10-6-5-7-11-21/h5-7,10-11,17-18,23-25H,8-9,12-16H2,1-4H3,(H,30,35)(H,32,36)(H,33,39)(H,34,38). The summed E-state index contributed by atoms with van der Waals surface area (Å²) < 4.78 is 5.23. The van der Waals surface area contributed by atoms with Crippen LogP contribution in [0.25, 0.3) is 5.53 Å². The Labute approximate surface area is 239 Å². The fourth-order valence-electron chi connectivity index (χ4n) is 3.83. The highest BCUT2D eigenvalue weighted by atomic mass is 16.5. The number of ketones is 1. The van der Waals surface area contributed by atoms with Gasteiger partial charge in [0.05, 0.1) is 6.10 Å². The van der Waals surface area contributed by atoms with Crippen LogP contribution in [0.15, 0.2) is 30.3 Å². The molecule has 3 atom stereocenters. The molecule has 1 aromatic carbocycles. The third kappa shape index (κ3) is 15.1. The first-order valence-electron chi connectivity index (χ1n) is 13.5. The smallest absolute Gasteiger partial charge is 0.328 e. The van der Waals surface area contributed by atoms with Crippen LogP contribution in [0, 0.1) is 0 Å². The van der Waals surface area contributed by atoms with Crippen LogP contribution in [0.4, 0.5) is 0 Å². The van der Waals surface area contributed by atoms with Crippen LogP contribution in [0.5, 0.6) is 0 Å². The van der Waals surface area contributed by atoms with Crippen molar-refractivity contribution in [2.75, 3.05) is 6.54 Å². The summed E-state index contributed by atoms with van der Waals surface area (Å²) in [5.74, 6) is -3.23. The monoisotopic (exact) mass is 572 g/mol. The van der Waals surface area contributed by atoms with Crippen LogP contribution in [0.3, 0.4) is 0 Å². The molecule has 41 heavy (non-hydrogen) atoms. The second-order valence-corrected chi connectivity index (χ2v) is 9.78. The number of benzene rings is 1. The summed E-state index contributed by atoms with van der Waals surface area (Å²) in [7, 11) is 0. The molecule has 0 aliphatic carbocycles. The van der Waals surface area contributed by atoms with Gasteiger partial charge in [-0.15, -0.1) is 0 Å². The lowest BCUT2D eigenvalue weighted by atomic mass is 10.0. The number of hydrogen-bond donors (Lipinski definition) is 4. The predicted molar refractivity (Wildman–Crippen MR) is 149 cm³/mol. The van der Waals surface area contributed by atoms with Gasteiger partial charge in [0, 0.05) is 33.2 Å². The molecular weight excluding hydrogens is 532 g/mol. The average molecular weight is 573 g/mol. The highest BCUT2D eigenvalue weighted by Crippen LogP contribution is 2.09. The van der Waals surface area contributed by atoms with Crippen molar-refractivity contribution in [3.63, 3.8) is 0 Å². The fraction of sp³-hybridized carbons (Fsp3) is 0.536. The third-order valence-corrected chi connectivity index (χ3v) is 5.74. The Hall–Kier alpha value is -4.38. The van der Waals surface area contributed by atoms with E-state index < -0.39 is 53.7 Å². The number of nitrogens with zero attached hydrogens (tertiary/aromatic N) is 2. The molecule has 0 spiro atoms. The highest BCUT2D eigenvalue weighted by Gasteiger charge is 2.30. The number of unbranched alkanes of at least 4 members (excludes halogenated alkanes) is 1. The predicted octanol–water partition coefficient (Wildman–Crippen LogP) is 0.611. The molecule has 13 heteroatoms. The van der Waals surface area contributed by atoms with Gasteiger partial charge < -0.3 is 31.5 Å². The topological polar surface area (TPSA) is 196 Å². The van der Waals surface area contributed by atoms with E-state index in [1.807, 2.05) is 18.2 Å². The number of Topliss-reactive ketones (excluding diaryl/α,β-unsaturated/α-hetero) is 1. The van der Waals surface area contributed by atoms with E-state index in [0.717, 1.165) is 5.56 Å². The number of ether oxygens (including phenoxy) is 1. The maximum atomic E-state index is 13.4. The Balaban J connectivity index is 3.12. The summed E-state index contributed by atoms with van der Waals surface area (Å²) in [4.78, 5) is 76.9. The molecule has 4 amide bonds. The molecule has 0 heterocycles. The number of carbonyl (C=O) groups is 6. The minimum Gasteiger partial charge on any atom is -0.461 e. The normalized spacial score (nSPS) is 12.6. The summed E-state index contributed by atoms with van der Waals surface area (Å²) in [6.45, 7) is 6.31. The molecule has 1 aromatic rings. The second-order valence-electron chi connectivity index (χ2n) is 9.78. The number of nitrogens with one attached hydrogen (secondary N) is 4. The zero-order valence-electron chi connectivity index (χ0n) is 24.0. The zero-order valence-corrected chi connectivity index (χ0v) is 24.0. The molecule has 224 valence electrons. The molecule has 0 fully saturated rings. The van der Waals surface area contributed by atoms with E-state index in [4.69, 9.17) is 10.3 Å². The molecule has 3 unspecified atom stereocenters. The van der Waals surface area contributed by atoms with E-state index in [1.165, 1.54) is 13.8 Å². The van der Waals surface area contributed by atoms with Gasteiger partial charge in [0.15, 0.2) is 0 Å². The van der Waals surface area contributed by atoms with Crippen molar-refractivity contribution in [2.45, 2.75) is 90.4 Å². The number of carbonyl (C=O) groups excluding carboxylic acids is 6. The quantitative estimate of drug-likeness (QED) is 0.0650. The van der Waals surface area contributed by atoms with E-state index in [1.54, 1.807) is 26.0 Å². The van der Waals surface area contributed by atoms with Crippen molar-refractivity contribution in [2.24, 2.45) is 0 Å². The Bertz CT molecular complexity index is 1100. The lowest BCUT2D eigenvalue weighted by Crippen LogP contribution is -2.56. The molecule has 0 aromatic heterocycles. The molecule has 4 N–H and O–H groups in total. The van der Waals surface area contributed by atoms with E-state index in [-0.39, 0.29) is 31.6 Å². The first kappa shape index (κ1) is 34.6. The van der Waals surface area contributed by atoms with Crippen molar-refractivity contribution in [3.05, 3.63) is 41.4 Å². The van der Waals surface area contributed by atoms with E-state index >= 15 is 0 Å². The van der Waals surface area contributed by atoms with Crippen LogP contribution in [0.2, 0.25) is 0 Å². The molecule has 0 aliphatic rings. The largest absolute Gasteiger partial charge is 0.461 e. The molecule has 0 saturated heterocycles. The van der Waals surface area contributed by atoms with Gasteiger partial charge in [0.1, 0.15) is 18.1 Å². The molecule has 13 nitrogen and oxygen atoms in total. The Morgan fingerprint density at radius 2 is 1.49 bits per heavy atom. The van der Waals surface area contributed by atoms with Crippen LogP contribution in [-0.4, -0.2) is 77.2 Å². The summed E-state index contributed by atoms with van der Waals surface area (Å²) >= 11 is 0. The van der Waals surface area contributed by atoms with E-state index in [0.29, 0.717) is 25.6 Å². The van der Waals surface area contributed by atoms with Crippen molar-refractivity contribution in [3.8, 4) is 0 Å². The summed E-state index contributed by atoms with van der Waals surface area (Å²) in [6.07, 6.45) is 1.17. The van der Waals surface area contributed by atoms with Crippen molar-refractivity contribution in [1.29, 1.82) is 0 Å². The molecule has 0 radical (unpaired) electrons. The van der Waals surface area contributed by atoms with Gasteiger partial charge in [-0.25, -0.2) is 4.79 Å². The number of esters is 1. The van der Waals surface area contributed by atoms with Crippen LogP contribution < -0.4 is 21.3 Å². The van der Waals surface area contributed by atoms with E-state index in [9.17, 15) is 28.8 Å². The molecular formula is C28H40N6O7. The minimum absolute atomic E-state index is 0.131. The molecule has 0 aliphatic heterocycles. The van der Waals surface area contributed by atoms with Crippen molar-refractivity contribution in [1.82, 2.24) is 21.3 Å². The maximum Gasteiger partial charge on any atom is 0.328 e. The zero-order chi connectivity index (χ0) is 30.8. The Morgan fingerprint density at radius 1 is 0.854 bits per heavy atom.